The Labute approximate surface area is 193 Å². The average Bonchev–Trinajstić information content (AvgIpc) is 2.75. The molecule has 0 heteroatoms. The normalized spacial score (nSPS) is 12.8. The van der Waals surface area contributed by atoms with Crippen LogP contribution in [-0.2, 0) is 0 Å². The first-order valence-corrected chi connectivity index (χ1v) is 14.5. The first-order chi connectivity index (χ1) is 14.8. The molecule has 0 spiro atoms. The predicted molar refractivity (Wildman–Crippen MR) is 140 cm³/mol. The Morgan fingerprint density at radius 3 is 1.20 bits per heavy atom. The van der Waals surface area contributed by atoms with Gasteiger partial charge in [-0.2, -0.15) is 0 Å². The summed E-state index contributed by atoms with van der Waals surface area (Å²) in [5, 5.41) is 0. The molecule has 0 aromatic rings. The van der Waals surface area contributed by atoms with Crippen molar-refractivity contribution in [3.63, 3.8) is 0 Å². The maximum Gasteiger partial charge on any atom is -0.0351 e. The van der Waals surface area contributed by atoms with E-state index >= 15 is 0 Å². The maximum absolute atomic E-state index is 2.49. The Hall–Kier alpha value is -0.260. The van der Waals surface area contributed by atoms with Crippen molar-refractivity contribution in [1.82, 2.24) is 0 Å². The summed E-state index contributed by atoms with van der Waals surface area (Å²) >= 11 is 0. The lowest BCUT2D eigenvalue weighted by Crippen LogP contribution is -1.95. The molecule has 0 aromatic carbocycles. The zero-order valence-corrected chi connectivity index (χ0v) is 21.7. The molecule has 180 valence electrons. The van der Waals surface area contributed by atoms with E-state index in [4.69, 9.17) is 0 Å². The minimum atomic E-state index is 0.961. The fourth-order valence-electron chi connectivity index (χ4n) is 4.58. The zero-order chi connectivity index (χ0) is 22.0. The van der Waals surface area contributed by atoms with Gasteiger partial charge < -0.3 is 0 Å². The minimum absolute atomic E-state index is 0.961. The Morgan fingerprint density at radius 2 is 0.800 bits per heavy atom. The summed E-state index contributed by atoms with van der Waals surface area (Å²) in [6.45, 7) is 7.01. The van der Waals surface area contributed by atoms with Crippen molar-refractivity contribution in [1.29, 1.82) is 0 Å². The molecule has 0 aliphatic carbocycles. The van der Waals surface area contributed by atoms with E-state index in [9.17, 15) is 0 Å². The summed E-state index contributed by atoms with van der Waals surface area (Å²) in [5.74, 6) is 0.961. The number of rotatable bonds is 25. The van der Waals surface area contributed by atoms with Gasteiger partial charge in [0, 0.05) is 0 Å². The van der Waals surface area contributed by atoms with E-state index in [-0.39, 0.29) is 0 Å². The highest BCUT2D eigenvalue weighted by molar-refractivity contribution is 4.79. The van der Waals surface area contributed by atoms with Gasteiger partial charge in [0.1, 0.15) is 0 Å². The van der Waals surface area contributed by atoms with E-state index in [2.05, 4.69) is 32.9 Å². The molecule has 0 aromatic heterocycles. The minimum Gasteiger partial charge on any atom is -0.0888 e. The molecule has 1 atom stereocenters. The second kappa shape index (κ2) is 26.8. The van der Waals surface area contributed by atoms with Crippen LogP contribution in [0.3, 0.4) is 0 Å². The van der Waals surface area contributed by atoms with Gasteiger partial charge in [-0.1, -0.05) is 168 Å². The Bertz CT molecular complexity index is 316. The second-order valence-electron chi connectivity index (χ2n) is 10.1. The van der Waals surface area contributed by atoms with E-state index in [0.29, 0.717) is 0 Å². The van der Waals surface area contributed by atoms with Crippen molar-refractivity contribution in [3.8, 4) is 0 Å². The highest BCUT2D eigenvalue weighted by atomic mass is 14.1. The smallest absolute Gasteiger partial charge is 0.0351 e. The standard InChI is InChI=1S/C30H60/c1-4-6-8-10-12-14-16-17-19-21-23-25-27-29-30(3)28-26-24-22-20-18-15-13-11-9-7-5-2/h7,9,30H,4-6,8,10-29H2,1-3H3/b9-7+. The molecule has 0 aliphatic rings. The van der Waals surface area contributed by atoms with Crippen molar-refractivity contribution in [2.75, 3.05) is 0 Å². The highest BCUT2D eigenvalue weighted by Gasteiger charge is 2.02. The predicted octanol–water partition coefficient (Wildman–Crippen LogP) is 11.6. The Kier molecular flexibility index (Phi) is 26.5. The van der Waals surface area contributed by atoms with Gasteiger partial charge in [0.05, 0.1) is 0 Å². The van der Waals surface area contributed by atoms with E-state index < -0.39 is 0 Å². The molecule has 1 unspecified atom stereocenters. The van der Waals surface area contributed by atoms with Crippen LogP contribution in [0.5, 0.6) is 0 Å². The van der Waals surface area contributed by atoms with Crippen molar-refractivity contribution in [2.45, 2.75) is 175 Å². The van der Waals surface area contributed by atoms with Gasteiger partial charge in [-0.3, -0.25) is 0 Å². The van der Waals surface area contributed by atoms with Crippen LogP contribution in [0.1, 0.15) is 175 Å². The summed E-state index contributed by atoms with van der Waals surface area (Å²) in [5.41, 5.74) is 0. The average molecular weight is 421 g/mol. The SMILES string of the molecule is CC/C=C/CCCCCCCCCC(C)CCCCCCCCCCCCCCC. The molecule has 0 radical (unpaired) electrons. The van der Waals surface area contributed by atoms with Crippen LogP contribution < -0.4 is 0 Å². The molecule has 0 rings (SSSR count). The molecule has 0 heterocycles. The number of allylic oxidation sites excluding steroid dienone is 2. The van der Waals surface area contributed by atoms with Crippen LogP contribution in [0.4, 0.5) is 0 Å². The maximum atomic E-state index is 2.49. The Morgan fingerprint density at radius 1 is 0.433 bits per heavy atom. The molecule has 0 bridgehead atoms. The first kappa shape index (κ1) is 29.7. The van der Waals surface area contributed by atoms with Gasteiger partial charge >= 0.3 is 0 Å². The number of hydrogen-bond donors (Lipinski definition) is 0. The van der Waals surface area contributed by atoms with E-state index in [1.807, 2.05) is 0 Å². The van der Waals surface area contributed by atoms with Gasteiger partial charge in [-0.15, -0.1) is 0 Å². The lowest BCUT2D eigenvalue weighted by Gasteiger charge is -2.11. The van der Waals surface area contributed by atoms with Crippen LogP contribution in [0.25, 0.3) is 0 Å². The largest absolute Gasteiger partial charge is 0.0888 e. The van der Waals surface area contributed by atoms with E-state index in [1.165, 1.54) is 154 Å². The lowest BCUT2D eigenvalue weighted by atomic mass is 9.95. The third-order valence-electron chi connectivity index (χ3n) is 6.77. The number of hydrogen-bond acceptors (Lipinski definition) is 0. The quantitative estimate of drug-likeness (QED) is 0.102. The molecule has 0 N–H and O–H groups in total. The lowest BCUT2D eigenvalue weighted by molar-refractivity contribution is 0.430. The zero-order valence-electron chi connectivity index (χ0n) is 21.7. The summed E-state index contributed by atoms with van der Waals surface area (Å²) in [4.78, 5) is 0. The van der Waals surface area contributed by atoms with Crippen molar-refractivity contribution >= 4 is 0 Å². The van der Waals surface area contributed by atoms with Crippen LogP contribution >= 0.6 is 0 Å². The fourth-order valence-corrected chi connectivity index (χ4v) is 4.58. The molecular formula is C30H60. The first-order valence-electron chi connectivity index (χ1n) is 14.5. The number of unbranched alkanes of at least 4 members (excludes halogenated alkanes) is 19. The van der Waals surface area contributed by atoms with Gasteiger partial charge in [-0.05, 0) is 25.2 Å². The van der Waals surface area contributed by atoms with Crippen molar-refractivity contribution in [2.24, 2.45) is 5.92 Å². The topological polar surface area (TPSA) is 0 Å². The molecule has 0 nitrogen and oxygen atoms in total. The fraction of sp³-hybridized carbons (Fsp3) is 0.933. The second-order valence-corrected chi connectivity index (χ2v) is 10.1. The van der Waals surface area contributed by atoms with Crippen LogP contribution in [0, 0.1) is 5.92 Å². The monoisotopic (exact) mass is 420 g/mol. The molecule has 30 heavy (non-hydrogen) atoms. The van der Waals surface area contributed by atoms with E-state index in [0.717, 1.165) is 5.92 Å². The molecule has 0 amide bonds. The highest BCUT2D eigenvalue weighted by Crippen LogP contribution is 2.19. The molecule has 0 saturated heterocycles. The summed E-state index contributed by atoms with van der Waals surface area (Å²) in [7, 11) is 0. The van der Waals surface area contributed by atoms with Crippen molar-refractivity contribution in [3.05, 3.63) is 12.2 Å². The van der Waals surface area contributed by atoms with Crippen molar-refractivity contribution < 1.29 is 0 Å². The third kappa shape index (κ3) is 25.8. The molecule has 0 saturated carbocycles. The summed E-state index contributed by atoms with van der Waals surface area (Å²) in [6, 6.07) is 0. The van der Waals surface area contributed by atoms with Gasteiger partial charge in [0.15, 0.2) is 0 Å². The van der Waals surface area contributed by atoms with E-state index in [1.54, 1.807) is 0 Å². The molecular weight excluding hydrogens is 360 g/mol. The van der Waals surface area contributed by atoms with Crippen LogP contribution in [-0.4, -0.2) is 0 Å². The van der Waals surface area contributed by atoms with Crippen LogP contribution in [0.2, 0.25) is 0 Å². The molecule has 0 fully saturated rings. The molecule has 0 aliphatic heterocycles. The third-order valence-corrected chi connectivity index (χ3v) is 6.77. The van der Waals surface area contributed by atoms with Gasteiger partial charge in [0.2, 0.25) is 0 Å². The Balaban J connectivity index is 3.15. The van der Waals surface area contributed by atoms with Crippen LogP contribution in [0.15, 0.2) is 12.2 Å². The summed E-state index contributed by atoms with van der Waals surface area (Å²) in [6.07, 6.45) is 39.4. The summed E-state index contributed by atoms with van der Waals surface area (Å²) < 4.78 is 0. The van der Waals surface area contributed by atoms with Gasteiger partial charge in [0.25, 0.3) is 0 Å². The van der Waals surface area contributed by atoms with Gasteiger partial charge in [-0.25, -0.2) is 0 Å².